The van der Waals surface area contributed by atoms with Gasteiger partial charge < -0.3 is 9.47 Å². The maximum Gasteiger partial charge on any atom is 0.308 e. The lowest BCUT2D eigenvalue weighted by Crippen LogP contribution is -2.28. The van der Waals surface area contributed by atoms with Gasteiger partial charge >= 0.3 is 11.7 Å². The summed E-state index contributed by atoms with van der Waals surface area (Å²) in [6.45, 7) is 0. The molecule has 0 N–H and O–H groups in total. The van der Waals surface area contributed by atoms with E-state index in [-0.39, 0.29) is 34.7 Å². The highest BCUT2D eigenvalue weighted by atomic mass is 35.5. The molecular weight excluding hydrogens is 300 g/mol. The number of carbonyl (C=O) groups excluding carboxylic acids is 1. The molecule has 1 aromatic heterocycles. The van der Waals surface area contributed by atoms with E-state index >= 15 is 0 Å². The second kappa shape index (κ2) is 6.71. The van der Waals surface area contributed by atoms with Crippen LogP contribution in [-0.4, -0.2) is 29.1 Å². The zero-order chi connectivity index (χ0) is 15.4. The molecule has 114 valence electrons. The van der Waals surface area contributed by atoms with Crippen LogP contribution in [0.2, 0.25) is 5.15 Å². The molecule has 1 aromatic rings. The van der Waals surface area contributed by atoms with Crippen LogP contribution in [0.5, 0.6) is 5.88 Å². The highest BCUT2D eigenvalue weighted by molar-refractivity contribution is 6.31. The maximum absolute atomic E-state index is 11.4. The van der Waals surface area contributed by atoms with Crippen molar-refractivity contribution in [2.75, 3.05) is 7.11 Å². The summed E-state index contributed by atoms with van der Waals surface area (Å²) in [7, 11) is 1.38. The van der Waals surface area contributed by atoms with Gasteiger partial charge in [-0.1, -0.05) is 11.6 Å². The van der Waals surface area contributed by atoms with Crippen molar-refractivity contribution in [3.63, 3.8) is 0 Å². The second-order valence-corrected chi connectivity index (χ2v) is 5.19. The lowest BCUT2D eigenvalue weighted by molar-refractivity contribution is -0.385. The summed E-state index contributed by atoms with van der Waals surface area (Å²) < 4.78 is 10.4. The van der Waals surface area contributed by atoms with Gasteiger partial charge in [0.25, 0.3) is 0 Å². The standard InChI is InChI=1S/C13H15ClN2O5/c1-20-13(17)8-2-4-9(5-3-8)21-11-7-6-10(16(18)19)12(14)15-11/h6-9H,2-5H2,1H3. The highest BCUT2D eigenvalue weighted by Gasteiger charge is 2.28. The smallest absolute Gasteiger partial charge is 0.308 e. The largest absolute Gasteiger partial charge is 0.474 e. The zero-order valence-electron chi connectivity index (χ0n) is 11.5. The first-order valence-corrected chi connectivity index (χ1v) is 6.94. The van der Waals surface area contributed by atoms with Crippen LogP contribution in [0.15, 0.2) is 12.1 Å². The van der Waals surface area contributed by atoms with E-state index in [2.05, 4.69) is 4.98 Å². The minimum Gasteiger partial charge on any atom is -0.474 e. The molecule has 0 spiro atoms. The van der Waals surface area contributed by atoms with Crippen molar-refractivity contribution >= 4 is 23.3 Å². The summed E-state index contributed by atoms with van der Waals surface area (Å²) >= 11 is 5.73. The van der Waals surface area contributed by atoms with Crippen molar-refractivity contribution in [2.24, 2.45) is 5.92 Å². The maximum atomic E-state index is 11.4. The lowest BCUT2D eigenvalue weighted by Gasteiger charge is -2.27. The molecule has 1 heterocycles. The van der Waals surface area contributed by atoms with Crippen LogP contribution in [0.25, 0.3) is 0 Å². The number of rotatable bonds is 4. The molecule has 1 aliphatic carbocycles. The normalized spacial score (nSPS) is 21.6. The first kappa shape index (κ1) is 15.5. The fraction of sp³-hybridized carbons (Fsp3) is 0.538. The van der Waals surface area contributed by atoms with Crippen LogP contribution in [0.3, 0.4) is 0 Å². The van der Waals surface area contributed by atoms with Crippen molar-refractivity contribution in [3.8, 4) is 5.88 Å². The lowest BCUT2D eigenvalue weighted by atomic mass is 9.87. The molecule has 0 radical (unpaired) electrons. The van der Waals surface area contributed by atoms with Crippen LogP contribution >= 0.6 is 11.6 Å². The van der Waals surface area contributed by atoms with E-state index in [9.17, 15) is 14.9 Å². The predicted molar refractivity (Wildman–Crippen MR) is 74.3 cm³/mol. The Bertz CT molecular complexity index is 543. The molecule has 7 nitrogen and oxygen atoms in total. The Morgan fingerprint density at radius 2 is 2.05 bits per heavy atom. The second-order valence-electron chi connectivity index (χ2n) is 4.83. The van der Waals surface area contributed by atoms with Gasteiger partial charge in [-0.2, -0.15) is 4.98 Å². The highest BCUT2D eigenvalue weighted by Crippen LogP contribution is 2.30. The van der Waals surface area contributed by atoms with Crippen molar-refractivity contribution in [1.29, 1.82) is 0 Å². The minimum absolute atomic E-state index is 0.0732. The van der Waals surface area contributed by atoms with E-state index in [0.717, 1.165) is 0 Å². The van der Waals surface area contributed by atoms with E-state index in [1.807, 2.05) is 0 Å². The number of ether oxygens (including phenoxy) is 2. The Kier molecular flexibility index (Phi) is 4.95. The van der Waals surface area contributed by atoms with Gasteiger partial charge in [0.2, 0.25) is 11.0 Å². The van der Waals surface area contributed by atoms with Crippen LogP contribution in [0.4, 0.5) is 5.69 Å². The third-order valence-electron chi connectivity index (χ3n) is 3.50. The molecular formula is C13H15ClN2O5. The summed E-state index contributed by atoms with van der Waals surface area (Å²) in [4.78, 5) is 25.3. The number of esters is 1. The Labute approximate surface area is 126 Å². The van der Waals surface area contributed by atoms with Crippen molar-refractivity contribution in [2.45, 2.75) is 31.8 Å². The molecule has 0 atom stereocenters. The first-order chi connectivity index (χ1) is 10.0. The van der Waals surface area contributed by atoms with Crippen LogP contribution in [-0.2, 0) is 9.53 Å². The van der Waals surface area contributed by atoms with Gasteiger partial charge in [0.15, 0.2) is 0 Å². The molecule has 1 saturated carbocycles. The van der Waals surface area contributed by atoms with Gasteiger partial charge in [0.1, 0.15) is 6.10 Å². The third-order valence-corrected chi connectivity index (χ3v) is 3.77. The fourth-order valence-electron chi connectivity index (χ4n) is 2.37. The number of pyridine rings is 1. The number of methoxy groups -OCH3 is 1. The van der Waals surface area contributed by atoms with Crippen molar-refractivity contribution in [3.05, 3.63) is 27.4 Å². The summed E-state index contributed by atoms with van der Waals surface area (Å²) in [6, 6.07) is 2.70. The zero-order valence-corrected chi connectivity index (χ0v) is 12.2. The van der Waals surface area contributed by atoms with Gasteiger partial charge in [-0.25, -0.2) is 0 Å². The summed E-state index contributed by atoms with van der Waals surface area (Å²) in [5.74, 6) is -0.0136. The van der Waals surface area contributed by atoms with Gasteiger partial charge in [0.05, 0.1) is 18.0 Å². The quantitative estimate of drug-likeness (QED) is 0.367. The molecule has 0 bridgehead atoms. The molecule has 0 saturated heterocycles. The van der Waals surface area contributed by atoms with Crippen LogP contribution in [0, 0.1) is 16.0 Å². The SMILES string of the molecule is COC(=O)C1CCC(Oc2ccc([N+](=O)[O-])c(Cl)n2)CC1. The number of aromatic nitrogens is 1. The first-order valence-electron chi connectivity index (χ1n) is 6.56. The van der Waals surface area contributed by atoms with Gasteiger partial charge in [-0.3, -0.25) is 14.9 Å². The Balaban J connectivity index is 1.93. The number of hydrogen-bond donors (Lipinski definition) is 0. The molecule has 1 aliphatic rings. The summed E-state index contributed by atoms with van der Waals surface area (Å²) in [5, 5.41) is 10.5. The van der Waals surface area contributed by atoms with Gasteiger partial charge in [-0.15, -0.1) is 0 Å². The van der Waals surface area contributed by atoms with Crippen molar-refractivity contribution < 1.29 is 19.2 Å². The summed E-state index contributed by atoms with van der Waals surface area (Å²) in [5.41, 5.74) is -0.251. The molecule has 0 unspecified atom stereocenters. The average Bonchev–Trinajstić information content (AvgIpc) is 2.47. The van der Waals surface area contributed by atoms with Gasteiger partial charge in [-0.05, 0) is 25.7 Å². The number of carbonyl (C=O) groups is 1. The molecule has 0 amide bonds. The number of nitrogens with zero attached hydrogens (tertiary/aromatic N) is 2. The number of nitro groups is 1. The monoisotopic (exact) mass is 314 g/mol. The minimum atomic E-state index is -0.597. The van der Waals surface area contributed by atoms with E-state index in [1.54, 1.807) is 0 Å². The van der Waals surface area contributed by atoms with E-state index in [1.165, 1.54) is 19.2 Å². The van der Waals surface area contributed by atoms with Gasteiger partial charge in [0, 0.05) is 12.1 Å². The predicted octanol–water partition coefficient (Wildman–Crippen LogP) is 2.75. The Morgan fingerprint density at radius 3 is 2.57 bits per heavy atom. The molecule has 2 rings (SSSR count). The number of halogens is 1. The molecule has 8 heteroatoms. The van der Waals surface area contributed by atoms with Crippen LogP contribution in [0.1, 0.15) is 25.7 Å². The fourth-order valence-corrected chi connectivity index (χ4v) is 2.58. The van der Waals surface area contributed by atoms with Crippen molar-refractivity contribution in [1.82, 2.24) is 4.98 Å². The molecule has 21 heavy (non-hydrogen) atoms. The Hall–Kier alpha value is -1.89. The van der Waals surface area contributed by atoms with E-state index in [0.29, 0.717) is 25.7 Å². The molecule has 1 fully saturated rings. The van der Waals surface area contributed by atoms with E-state index in [4.69, 9.17) is 21.1 Å². The summed E-state index contributed by atoms with van der Waals surface area (Å²) in [6.07, 6.45) is 2.72. The third kappa shape index (κ3) is 3.81. The van der Waals surface area contributed by atoms with Crippen LogP contribution < -0.4 is 4.74 Å². The average molecular weight is 315 g/mol. The number of hydrogen-bond acceptors (Lipinski definition) is 6. The van der Waals surface area contributed by atoms with E-state index < -0.39 is 4.92 Å². The molecule has 0 aromatic carbocycles. The molecule has 0 aliphatic heterocycles. The Morgan fingerprint density at radius 1 is 1.38 bits per heavy atom. The topological polar surface area (TPSA) is 91.6 Å².